The summed E-state index contributed by atoms with van der Waals surface area (Å²) >= 11 is 0. The lowest BCUT2D eigenvalue weighted by Crippen LogP contribution is -2.16. The Balaban J connectivity index is 1.74. The first-order valence-electron chi connectivity index (χ1n) is 5.78. The predicted molar refractivity (Wildman–Crippen MR) is 67.7 cm³/mol. The van der Waals surface area contributed by atoms with Gasteiger partial charge in [-0.25, -0.2) is 13.8 Å². The lowest BCUT2D eigenvalue weighted by Gasteiger charge is -2.01. The minimum Gasteiger partial charge on any atom is -0.377 e. The standard InChI is InChI=1S/C14H12FN3/c15-11-4-6-12(7-5-11)16-9-13-10-18-8-2-1-3-14(18)17-13/h1-8,10,16H,9H2/p+1. The maximum absolute atomic E-state index is 12.8. The summed E-state index contributed by atoms with van der Waals surface area (Å²) in [4.78, 5) is 3.30. The van der Waals surface area contributed by atoms with Crippen molar-refractivity contribution in [1.29, 1.82) is 0 Å². The second kappa shape index (κ2) is 4.49. The SMILES string of the molecule is Fc1ccc(NCc2c[n+]3ccccc3[nH]2)cc1. The van der Waals surface area contributed by atoms with Crippen LogP contribution >= 0.6 is 0 Å². The molecule has 0 bridgehead atoms. The summed E-state index contributed by atoms with van der Waals surface area (Å²) in [5.41, 5.74) is 3.03. The Kier molecular flexibility index (Phi) is 2.68. The Morgan fingerprint density at radius 2 is 1.94 bits per heavy atom. The van der Waals surface area contributed by atoms with Crippen molar-refractivity contribution >= 4 is 11.3 Å². The van der Waals surface area contributed by atoms with Crippen LogP contribution in [0.2, 0.25) is 0 Å². The molecule has 0 aliphatic heterocycles. The third-order valence-corrected chi connectivity index (χ3v) is 2.80. The number of imidazole rings is 1. The molecule has 18 heavy (non-hydrogen) atoms. The molecular formula is C14H13FN3+. The molecule has 3 nitrogen and oxygen atoms in total. The van der Waals surface area contributed by atoms with E-state index in [9.17, 15) is 4.39 Å². The minimum absolute atomic E-state index is 0.221. The molecule has 0 spiro atoms. The Morgan fingerprint density at radius 1 is 1.11 bits per heavy atom. The second-order valence-corrected chi connectivity index (χ2v) is 4.13. The zero-order valence-electron chi connectivity index (χ0n) is 9.73. The molecular weight excluding hydrogens is 229 g/mol. The molecule has 0 aliphatic rings. The van der Waals surface area contributed by atoms with E-state index < -0.39 is 0 Å². The van der Waals surface area contributed by atoms with Gasteiger partial charge in [-0.2, -0.15) is 0 Å². The fourth-order valence-corrected chi connectivity index (χ4v) is 1.89. The Bertz CT molecular complexity index is 625. The maximum Gasteiger partial charge on any atom is 0.284 e. The molecule has 1 aromatic carbocycles. The number of anilines is 1. The molecule has 0 atom stereocenters. The van der Waals surface area contributed by atoms with Gasteiger partial charge in [-0.1, -0.05) is 6.07 Å². The van der Waals surface area contributed by atoms with E-state index in [1.165, 1.54) is 12.1 Å². The number of nitrogens with zero attached hydrogens (tertiary/aromatic N) is 1. The molecule has 0 aliphatic carbocycles. The fourth-order valence-electron chi connectivity index (χ4n) is 1.89. The van der Waals surface area contributed by atoms with Crippen LogP contribution in [0.25, 0.3) is 5.65 Å². The van der Waals surface area contributed by atoms with Crippen molar-refractivity contribution in [3.05, 3.63) is 66.4 Å². The van der Waals surface area contributed by atoms with Crippen molar-refractivity contribution in [2.24, 2.45) is 0 Å². The van der Waals surface area contributed by atoms with Gasteiger partial charge in [0.05, 0.1) is 12.7 Å². The molecule has 0 radical (unpaired) electrons. The summed E-state index contributed by atoms with van der Waals surface area (Å²) in [7, 11) is 0. The molecule has 2 heterocycles. The summed E-state index contributed by atoms with van der Waals surface area (Å²) in [6.07, 6.45) is 4.03. The van der Waals surface area contributed by atoms with Gasteiger partial charge in [-0.15, -0.1) is 0 Å². The molecule has 90 valence electrons. The molecule has 0 unspecified atom stereocenters. The molecule has 0 saturated heterocycles. The van der Waals surface area contributed by atoms with E-state index in [2.05, 4.69) is 10.3 Å². The summed E-state index contributed by atoms with van der Waals surface area (Å²) in [6, 6.07) is 12.3. The molecule has 3 rings (SSSR count). The van der Waals surface area contributed by atoms with Crippen LogP contribution in [0.3, 0.4) is 0 Å². The van der Waals surface area contributed by atoms with Gasteiger partial charge in [0.25, 0.3) is 5.65 Å². The van der Waals surface area contributed by atoms with E-state index in [1.807, 2.05) is 35.0 Å². The lowest BCUT2D eigenvalue weighted by molar-refractivity contribution is -0.510. The summed E-state index contributed by atoms with van der Waals surface area (Å²) in [5, 5.41) is 3.24. The highest BCUT2D eigenvalue weighted by molar-refractivity contribution is 5.43. The number of aromatic nitrogens is 2. The van der Waals surface area contributed by atoms with Crippen molar-refractivity contribution in [3.8, 4) is 0 Å². The highest BCUT2D eigenvalue weighted by Gasteiger charge is 2.06. The third kappa shape index (κ3) is 2.18. The number of hydrogen-bond donors (Lipinski definition) is 2. The fraction of sp³-hybridized carbons (Fsp3) is 0.0714. The molecule has 0 saturated carbocycles. The van der Waals surface area contributed by atoms with Gasteiger partial charge >= 0.3 is 0 Å². The molecule has 0 fully saturated rings. The Morgan fingerprint density at radius 3 is 2.72 bits per heavy atom. The van der Waals surface area contributed by atoms with Crippen molar-refractivity contribution in [3.63, 3.8) is 0 Å². The van der Waals surface area contributed by atoms with Gasteiger partial charge < -0.3 is 5.32 Å². The van der Waals surface area contributed by atoms with Crippen LogP contribution in [0.5, 0.6) is 0 Å². The van der Waals surface area contributed by atoms with E-state index >= 15 is 0 Å². The van der Waals surface area contributed by atoms with Crippen LogP contribution in [0.15, 0.2) is 54.9 Å². The maximum atomic E-state index is 12.8. The van der Waals surface area contributed by atoms with E-state index in [1.54, 1.807) is 12.1 Å². The molecule has 0 amide bonds. The number of halogens is 1. The smallest absolute Gasteiger partial charge is 0.284 e. The lowest BCUT2D eigenvalue weighted by atomic mass is 10.3. The quantitative estimate of drug-likeness (QED) is 0.679. The number of H-pyrrole nitrogens is 1. The van der Waals surface area contributed by atoms with Crippen LogP contribution in [0, 0.1) is 5.82 Å². The van der Waals surface area contributed by atoms with Gasteiger partial charge in [0, 0.05) is 11.8 Å². The zero-order chi connectivity index (χ0) is 12.4. The predicted octanol–water partition coefficient (Wildman–Crippen LogP) is 2.50. The molecule has 3 aromatic rings. The van der Waals surface area contributed by atoms with Crippen molar-refractivity contribution in [2.75, 3.05) is 5.32 Å². The van der Waals surface area contributed by atoms with E-state index in [-0.39, 0.29) is 5.82 Å². The van der Waals surface area contributed by atoms with Gasteiger partial charge in [0.15, 0.2) is 5.69 Å². The highest BCUT2D eigenvalue weighted by atomic mass is 19.1. The first-order valence-corrected chi connectivity index (χ1v) is 5.78. The van der Waals surface area contributed by atoms with Gasteiger partial charge in [0.1, 0.15) is 12.0 Å². The Labute approximate surface area is 104 Å². The van der Waals surface area contributed by atoms with Gasteiger partial charge in [-0.3, -0.25) is 0 Å². The molecule has 2 N–H and O–H groups in total. The number of pyridine rings is 1. The van der Waals surface area contributed by atoms with E-state index in [0.717, 1.165) is 17.0 Å². The largest absolute Gasteiger partial charge is 0.377 e. The average molecular weight is 242 g/mol. The Hall–Kier alpha value is -2.36. The van der Waals surface area contributed by atoms with Crippen LogP contribution in [-0.2, 0) is 6.54 Å². The minimum atomic E-state index is -0.221. The number of nitrogens with one attached hydrogen (secondary N) is 2. The van der Waals surface area contributed by atoms with Crippen LogP contribution < -0.4 is 9.72 Å². The first-order chi connectivity index (χ1) is 8.81. The van der Waals surface area contributed by atoms with E-state index in [0.29, 0.717) is 6.54 Å². The van der Waals surface area contributed by atoms with Crippen LogP contribution in [0.4, 0.5) is 10.1 Å². The molecule has 2 aromatic heterocycles. The summed E-state index contributed by atoms with van der Waals surface area (Å²) in [6.45, 7) is 0.674. The highest BCUT2D eigenvalue weighted by Crippen LogP contribution is 2.09. The van der Waals surface area contributed by atoms with Crippen LogP contribution in [0.1, 0.15) is 5.69 Å². The number of rotatable bonds is 3. The topological polar surface area (TPSA) is 31.9 Å². The summed E-state index contributed by atoms with van der Waals surface area (Å²) < 4.78 is 14.8. The monoisotopic (exact) mass is 242 g/mol. The van der Waals surface area contributed by atoms with Crippen molar-refractivity contribution < 1.29 is 8.79 Å². The number of fused-ring (bicyclic) bond motifs is 1. The van der Waals surface area contributed by atoms with Gasteiger partial charge in [0.2, 0.25) is 0 Å². The number of benzene rings is 1. The van der Waals surface area contributed by atoms with Crippen LogP contribution in [-0.4, -0.2) is 4.98 Å². The number of hydrogen-bond acceptors (Lipinski definition) is 1. The normalized spacial score (nSPS) is 10.7. The third-order valence-electron chi connectivity index (χ3n) is 2.80. The van der Waals surface area contributed by atoms with Crippen molar-refractivity contribution in [2.45, 2.75) is 6.54 Å². The van der Waals surface area contributed by atoms with Gasteiger partial charge in [-0.05, 0) is 30.3 Å². The average Bonchev–Trinajstić information content (AvgIpc) is 2.81. The summed E-state index contributed by atoms with van der Waals surface area (Å²) in [5.74, 6) is -0.221. The van der Waals surface area contributed by atoms with E-state index in [4.69, 9.17) is 0 Å². The second-order valence-electron chi connectivity index (χ2n) is 4.13. The van der Waals surface area contributed by atoms with Crippen molar-refractivity contribution in [1.82, 2.24) is 4.98 Å². The first kappa shape index (κ1) is 10.8. The molecule has 4 heteroatoms. The zero-order valence-corrected chi connectivity index (χ0v) is 9.73. The number of aromatic amines is 1.